The van der Waals surface area contributed by atoms with Crippen molar-refractivity contribution in [2.75, 3.05) is 13.2 Å². The van der Waals surface area contributed by atoms with Crippen molar-refractivity contribution in [1.82, 2.24) is 5.06 Å². The van der Waals surface area contributed by atoms with Crippen molar-refractivity contribution in [3.05, 3.63) is 35.4 Å². The van der Waals surface area contributed by atoms with Crippen molar-refractivity contribution in [3.63, 3.8) is 0 Å². The highest BCUT2D eigenvalue weighted by Gasteiger charge is 2.85. The summed E-state index contributed by atoms with van der Waals surface area (Å²) < 4.78 is 103. The monoisotopic (exact) mass is 449 g/mol. The molecule has 0 amide bonds. The van der Waals surface area contributed by atoms with E-state index in [0.717, 1.165) is 0 Å². The molecule has 12 heteroatoms. The number of rotatable bonds is 5. The lowest BCUT2D eigenvalue weighted by atomic mass is 9.80. The quantitative estimate of drug-likeness (QED) is 0.377. The number of benzene rings is 1. The number of carbonyl (C=O) groups excluding carboxylic acids is 1. The normalized spacial score (nSPS) is 28.0. The molecule has 4 nitrogen and oxygen atoms in total. The molecule has 2 heterocycles. The van der Waals surface area contributed by atoms with Crippen LogP contribution in [0.2, 0.25) is 0 Å². The summed E-state index contributed by atoms with van der Waals surface area (Å²) in [4.78, 5) is 16.9. The fourth-order valence-electron chi connectivity index (χ4n) is 3.61. The lowest BCUT2D eigenvalue weighted by Gasteiger charge is -2.37. The Morgan fingerprint density at radius 3 is 2.48 bits per heavy atom. The van der Waals surface area contributed by atoms with Crippen molar-refractivity contribution in [2.24, 2.45) is 5.92 Å². The Kier molecular flexibility index (Phi) is 5.32. The van der Waals surface area contributed by atoms with E-state index in [-0.39, 0.29) is 18.5 Å². The first-order valence-electron chi connectivity index (χ1n) is 8.51. The summed E-state index contributed by atoms with van der Waals surface area (Å²) >= 11 is 4.16. The van der Waals surface area contributed by atoms with Gasteiger partial charge < -0.3 is 4.74 Å². The van der Waals surface area contributed by atoms with Crippen LogP contribution in [0, 0.1) is 5.92 Å². The van der Waals surface area contributed by atoms with E-state index >= 15 is 4.39 Å². The lowest BCUT2D eigenvalue weighted by Crippen LogP contribution is -2.65. The molecule has 162 valence electrons. The largest absolute Gasteiger partial charge is 0.466 e. The maximum Gasteiger partial charge on any atom is 0.392 e. The van der Waals surface area contributed by atoms with E-state index in [1.165, 1.54) is 19.1 Å². The van der Waals surface area contributed by atoms with Crippen LogP contribution in [0.1, 0.15) is 24.1 Å². The molecular weight excluding hydrogens is 435 g/mol. The Bertz CT molecular complexity index is 803. The van der Waals surface area contributed by atoms with Gasteiger partial charge in [0.25, 0.3) is 0 Å². The Morgan fingerprint density at radius 1 is 1.28 bits per heavy atom. The van der Waals surface area contributed by atoms with Crippen LogP contribution in [-0.2, 0) is 20.8 Å². The van der Waals surface area contributed by atoms with E-state index in [2.05, 4.69) is 21.2 Å². The van der Waals surface area contributed by atoms with Crippen LogP contribution in [0.15, 0.2) is 24.3 Å². The number of nitrogens with zero attached hydrogens (tertiary/aromatic N) is 1. The number of carbonyl (C=O) groups is 1. The van der Waals surface area contributed by atoms with Gasteiger partial charge in [0.1, 0.15) is 5.92 Å². The van der Waals surface area contributed by atoms with Gasteiger partial charge in [0, 0.05) is 6.54 Å². The smallest absolute Gasteiger partial charge is 0.392 e. The number of alkyl halides is 8. The van der Waals surface area contributed by atoms with Crippen LogP contribution in [0.4, 0.5) is 30.7 Å². The Hall–Kier alpha value is -1.59. The fraction of sp³-hybridized carbons (Fsp3) is 0.588. The first-order valence-corrected chi connectivity index (χ1v) is 8.89. The van der Waals surface area contributed by atoms with Crippen molar-refractivity contribution in [1.29, 1.82) is 0 Å². The molecule has 0 saturated carbocycles. The molecule has 0 radical (unpaired) electrons. The predicted molar refractivity (Wildman–Crippen MR) is 85.3 cm³/mol. The lowest BCUT2D eigenvalue weighted by molar-refractivity contribution is -0.403. The zero-order valence-electron chi connectivity index (χ0n) is 14.8. The molecular formula is C17H15ClF7NO3. The van der Waals surface area contributed by atoms with E-state index in [4.69, 9.17) is 0 Å². The molecule has 0 spiro atoms. The molecule has 0 aromatic heterocycles. The molecule has 3 rings (SSSR count). The van der Waals surface area contributed by atoms with E-state index < -0.39 is 47.6 Å². The number of fused-ring (bicyclic) bond motifs is 3. The van der Waals surface area contributed by atoms with Gasteiger partial charge in [0.05, 0.1) is 12.6 Å². The summed E-state index contributed by atoms with van der Waals surface area (Å²) in [5.41, 5.74) is 0.696. The van der Waals surface area contributed by atoms with Gasteiger partial charge in [-0.1, -0.05) is 24.3 Å². The highest BCUT2D eigenvalue weighted by molar-refractivity contribution is 6.22. The summed E-state index contributed by atoms with van der Waals surface area (Å²) in [6.45, 7) is 0.634. The second-order valence-electron chi connectivity index (χ2n) is 6.65. The third-order valence-corrected chi connectivity index (χ3v) is 5.21. The van der Waals surface area contributed by atoms with E-state index in [9.17, 15) is 31.1 Å². The molecule has 1 saturated heterocycles. The zero-order valence-corrected chi connectivity index (χ0v) is 15.5. The molecule has 1 aromatic carbocycles. The van der Waals surface area contributed by atoms with Gasteiger partial charge in [-0.2, -0.15) is 31.4 Å². The van der Waals surface area contributed by atoms with E-state index in [1.807, 2.05) is 0 Å². The molecule has 0 bridgehead atoms. The Morgan fingerprint density at radius 2 is 1.90 bits per heavy atom. The number of hydrogen-bond donors (Lipinski definition) is 0. The van der Waals surface area contributed by atoms with Crippen LogP contribution < -0.4 is 0 Å². The maximum absolute atomic E-state index is 15.6. The molecule has 2 aliphatic heterocycles. The molecule has 3 atom stereocenters. The fourth-order valence-corrected chi connectivity index (χ4v) is 3.73. The van der Waals surface area contributed by atoms with Crippen LogP contribution in [-0.4, -0.2) is 47.3 Å². The number of hydroxylamine groups is 2. The summed E-state index contributed by atoms with van der Waals surface area (Å²) in [6, 6.07) is 4.42. The predicted octanol–water partition coefficient (Wildman–Crippen LogP) is 4.48. The van der Waals surface area contributed by atoms with Crippen molar-refractivity contribution in [3.8, 4) is 0 Å². The van der Waals surface area contributed by atoms with E-state index in [1.54, 1.807) is 12.1 Å². The number of ether oxygens (including phenoxy) is 1. The standard InChI is InChI=1S/C17H15ClF7NO3/c1-2-28-13(27)11-12-10-6-4-3-5-9(10)7-8-26(12)29-14(11,19)15(20,21)16(22,23)17(18,24)25/h3-6,11-12H,2,7-8H2,1H3/t11-,12-,14+/m1/s1. The first-order chi connectivity index (χ1) is 13.3. The molecule has 0 N–H and O–H groups in total. The van der Waals surface area contributed by atoms with Gasteiger partial charge in [0.15, 0.2) is 0 Å². The highest BCUT2D eigenvalue weighted by Crippen LogP contribution is 2.61. The molecule has 2 aliphatic rings. The van der Waals surface area contributed by atoms with Gasteiger partial charge in [0.2, 0.25) is 0 Å². The number of hydrogen-bond acceptors (Lipinski definition) is 4. The minimum Gasteiger partial charge on any atom is -0.466 e. The third-order valence-electron chi connectivity index (χ3n) is 4.97. The Balaban J connectivity index is 2.17. The molecule has 29 heavy (non-hydrogen) atoms. The minimum atomic E-state index is -6.38. The van der Waals surface area contributed by atoms with Crippen LogP contribution in [0.5, 0.6) is 0 Å². The van der Waals surface area contributed by atoms with Crippen molar-refractivity contribution < 1.29 is 45.1 Å². The first kappa shape index (κ1) is 22.1. The van der Waals surface area contributed by atoms with Gasteiger partial charge in [-0.25, -0.2) is 9.23 Å². The SMILES string of the molecule is CCOC(=O)[C@H]1[C@H]2c3ccccc3CCN2O[C@]1(F)C(F)(F)C(F)(F)C(F)(F)Cl. The van der Waals surface area contributed by atoms with Crippen molar-refractivity contribution in [2.45, 2.75) is 42.5 Å². The zero-order chi connectivity index (χ0) is 21.8. The van der Waals surface area contributed by atoms with Gasteiger partial charge in [-0.15, -0.1) is 0 Å². The third kappa shape index (κ3) is 3.09. The van der Waals surface area contributed by atoms with Gasteiger partial charge in [-0.05, 0) is 36.1 Å². The van der Waals surface area contributed by atoms with Gasteiger partial charge >= 0.3 is 29.1 Å². The van der Waals surface area contributed by atoms with Crippen LogP contribution in [0.3, 0.4) is 0 Å². The number of halogens is 8. The summed E-state index contributed by atoms with van der Waals surface area (Å²) in [7, 11) is 0. The highest BCUT2D eigenvalue weighted by atomic mass is 35.5. The van der Waals surface area contributed by atoms with Crippen molar-refractivity contribution >= 4 is 17.6 Å². The summed E-state index contributed by atoms with van der Waals surface area (Å²) in [5, 5.41) is -5.24. The maximum atomic E-state index is 15.6. The topological polar surface area (TPSA) is 38.8 Å². The average Bonchev–Trinajstić information content (AvgIpc) is 2.95. The second-order valence-corrected chi connectivity index (χ2v) is 7.12. The molecule has 1 fully saturated rings. The average molecular weight is 450 g/mol. The molecule has 1 aromatic rings. The number of esters is 1. The van der Waals surface area contributed by atoms with Crippen LogP contribution in [0.25, 0.3) is 0 Å². The molecule has 0 aliphatic carbocycles. The summed E-state index contributed by atoms with van der Waals surface area (Å²) in [6.07, 6.45) is 0.159. The Labute approximate surface area is 165 Å². The van der Waals surface area contributed by atoms with Crippen LogP contribution >= 0.6 is 11.6 Å². The van der Waals surface area contributed by atoms with Gasteiger partial charge in [-0.3, -0.25) is 4.79 Å². The summed E-state index contributed by atoms with van der Waals surface area (Å²) in [5.74, 6) is -21.7. The second kappa shape index (κ2) is 6.98. The minimum absolute atomic E-state index is 0.159. The van der Waals surface area contributed by atoms with E-state index in [0.29, 0.717) is 10.6 Å². The molecule has 0 unspecified atom stereocenters.